The minimum absolute atomic E-state index is 0.0451. The van der Waals surface area contributed by atoms with E-state index in [0.717, 1.165) is 63.6 Å². The van der Waals surface area contributed by atoms with Crippen molar-refractivity contribution in [1.29, 1.82) is 10.8 Å². The van der Waals surface area contributed by atoms with Gasteiger partial charge in [-0.25, -0.2) is 4.39 Å². The third kappa shape index (κ3) is 8.13. The first-order valence-electron chi connectivity index (χ1n) is 14.6. The molecule has 1 heterocycles. The van der Waals surface area contributed by atoms with E-state index >= 15 is 0 Å². The van der Waals surface area contributed by atoms with Gasteiger partial charge in [-0.15, -0.1) is 0 Å². The van der Waals surface area contributed by atoms with Gasteiger partial charge in [0.1, 0.15) is 23.5 Å². The Labute approximate surface area is 241 Å². The number of carbonyl (C=O) groups is 2. The zero-order valence-electron chi connectivity index (χ0n) is 23.4. The molecule has 10 heteroatoms. The maximum atomic E-state index is 14.3. The van der Waals surface area contributed by atoms with Crippen LogP contribution in [0.2, 0.25) is 0 Å². The van der Waals surface area contributed by atoms with Gasteiger partial charge in [-0.1, -0.05) is 55.7 Å². The summed E-state index contributed by atoms with van der Waals surface area (Å²) in [7, 11) is 0. The molecular formula is C31H42FN7O2. The van der Waals surface area contributed by atoms with Crippen LogP contribution in [-0.2, 0) is 16.0 Å². The fourth-order valence-corrected chi connectivity index (χ4v) is 6.13. The molecule has 0 spiro atoms. The Morgan fingerprint density at radius 1 is 0.878 bits per heavy atom. The molecule has 4 rings (SSSR count). The molecule has 1 saturated heterocycles. The molecule has 0 aromatic heterocycles. The Hall–Kier alpha value is -3.79. The largest absolute Gasteiger partial charge is 0.386 e. The van der Waals surface area contributed by atoms with Gasteiger partial charge in [0, 0.05) is 5.56 Å². The highest BCUT2D eigenvalue weighted by atomic mass is 19.1. The first kappa shape index (κ1) is 30.2. The van der Waals surface area contributed by atoms with E-state index in [1.165, 1.54) is 12.1 Å². The monoisotopic (exact) mass is 563 g/mol. The number of benzene rings is 2. The van der Waals surface area contributed by atoms with E-state index in [0.29, 0.717) is 11.1 Å². The van der Waals surface area contributed by atoms with Crippen LogP contribution in [0.1, 0.15) is 67.6 Å². The van der Waals surface area contributed by atoms with E-state index in [-0.39, 0.29) is 41.7 Å². The molecule has 2 aliphatic rings. The van der Waals surface area contributed by atoms with Crippen LogP contribution in [0.3, 0.4) is 0 Å². The summed E-state index contributed by atoms with van der Waals surface area (Å²) >= 11 is 0. The number of piperidine rings is 1. The topological polar surface area (TPSA) is 170 Å². The van der Waals surface area contributed by atoms with Crippen molar-refractivity contribution < 1.29 is 14.0 Å². The van der Waals surface area contributed by atoms with E-state index in [1.807, 2.05) is 0 Å². The SMILES string of the molecule is N=C(N)c1ccc(CC(C(=O)NC(C(=O)NC(C(=N)N)C2CCNCC2)C2CCCCC2)c2cccc(F)c2)cc1. The van der Waals surface area contributed by atoms with Gasteiger partial charge >= 0.3 is 0 Å². The van der Waals surface area contributed by atoms with Crippen molar-refractivity contribution in [3.05, 3.63) is 71.0 Å². The fourth-order valence-electron chi connectivity index (χ4n) is 6.13. The van der Waals surface area contributed by atoms with Gasteiger partial charge in [-0.05, 0) is 80.3 Å². The van der Waals surface area contributed by atoms with Crippen LogP contribution >= 0.6 is 0 Å². The summed E-state index contributed by atoms with van der Waals surface area (Å²) in [5, 5.41) is 25.2. The minimum Gasteiger partial charge on any atom is -0.386 e. The van der Waals surface area contributed by atoms with Crippen LogP contribution in [0.5, 0.6) is 0 Å². The van der Waals surface area contributed by atoms with Gasteiger partial charge in [-0.3, -0.25) is 20.4 Å². The Morgan fingerprint density at radius 2 is 1.51 bits per heavy atom. The molecule has 2 aromatic rings. The van der Waals surface area contributed by atoms with Crippen LogP contribution in [0.4, 0.5) is 4.39 Å². The van der Waals surface area contributed by atoms with Crippen molar-refractivity contribution in [1.82, 2.24) is 16.0 Å². The summed E-state index contributed by atoms with van der Waals surface area (Å²) in [5.41, 5.74) is 13.4. The van der Waals surface area contributed by atoms with Crippen molar-refractivity contribution >= 4 is 23.5 Å². The molecule has 0 radical (unpaired) electrons. The Kier molecular flexibility index (Phi) is 10.5. The molecule has 3 unspecified atom stereocenters. The molecule has 3 atom stereocenters. The second kappa shape index (κ2) is 14.2. The van der Waals surface area contributed by atoms with Crippen LogP contribution in [0.15, 0.2) is 48.5 Å². The number of nitrogens with one attached hydrogen (secondary N) is 5. The first-order valence-corrected chi connectivity index (χ1v) is 14.6. The number of nitrogen functional groups attached to an aromatic ring is 1. The standard InChI is InChI=1S/C31H42FN7O2/c32-24-8-4-7-23(18-24)25(17-19-9-11-22(12-10-19)28(33)34)30(40)39-27(20-5-2-1-3-6-20)31(41)38-26(29(35)36)21-13-15-37-16-14-21/h4,7-12,18,20-21,25-27,37H,1-3,5-6,13-17H2,(H3,33,34)(H3,35,36)(H,38,41)(H,39,40). The number of amidine groups is 2. The van der Waals surface area contributed by atoms with Crippen molar-refractivity contribution in [3.8, 4) is 0 Å². The molecule has 1 aliphatic heterocycles. The number of amides is 2. The van der Waals surface area contributed by atoms with Gasteiger partial charge in [0.05, 0.1) is 12.0 Å². The van der Waals surface area contributed by atoms with Gasteiger partial charge in [0.25, 0.3) is 0 Å². The second-order valence-corrected chi connectivity index (χ2v) is 11.3. The Bertz CT molecular complexity index is 1220. The molecule has 2 fully saturated rings. The Morgan fingerprint density at radius 3 is 2.12 bits per heavy atom. The van der Waals surface area contributed by atoms with Crippen LogP contribution in [-0.4, -0.2) is 48.7 Å². The molecule has 9 N–H and O–H groups in total. The average molecular weight is 564 g/mol. The number of hydrogen-bond donors (Lipinski definition) is 7. The third-order valence-corrected chi connectivity index (χ3v) is 8.46. The van der Waals surface area contributed by atoms with Crippen molar-refractivity contribution in [2.24, 2.45) is 23.3 Å². The van der Waals surface area contributed by atoms with Gasteiger partial charge in [0.2, 0.25) is 11.8 Å². The number of nitrogens with two attached hydrogens (primary N) is 2. The Balaban J connectivity index is 1.59. The van der Waals surface area contributed by atoms with Crippen molar-refractivity contribution in [3.63, 3.8) is 0 Å². The maximum absolute atomic E-state index is 14.3. The summed E-state index contributed by atoms with van der Waals surface area (Å²) in [5.74, 6) is -2.00. The van der Waals surface area contributed by atoms with E-state index in [4.69, 9.17) is 22.3 Å². The lowest BCUT2D eigenvalue weighted by Crippen LogP contribution is -2.58. The van der Waals surface area contributed by atoms with Crippen LogP contribution in [0, 0.1) is 28.5 Å². The minimum atomic E-state index is -0.789. The fraction of sp³-hybridized carbons (Fsp3) is 0.484. The van der Waals surface area contributed by atoms with E-state index in [1.54, 1.807) is 36.4 Å². The average Bonchev–Trinajstić information content (AvgIpc) is 2.98. The molecule has 1 saturated carbocycles. The summed E-state index contributed by atoms with van der Waals surface area (Å²) in [6.45, 7) is 1.60. The van der Waals surface area contributed by atoms with Gasteiger partial charge < -0.3 is 27.4 Å². The van der Waals surface area contributed by atoms with E-state index in [9.17, 15) is 14.0 Å². The number of rotatable bonds is 11. The molecule has 1 aliphatic carbocycles. The number of halogens is 1. The van der Waals surface area contributed by atoms with Crippen molar-refractivity contribution in [2.75, 3.05) is 13.1 Å². The zero-order valence-corrected chi connectivity index (χ0v) is 23.4. The molecular weight excluding hydrogens is 521 g/mol. The first-order chi connectivity index (χ1) is 19.7. The number of hydrogen-bond acceptors (Lipinski definition) is 5. The van der Waals surface area contributed by atoms with Crippen LogP contribution in [0.25, 0.3) is 0 Å². The zero-order chi connectivity index (χ0) is 29.4. The van der Waals surface area contributed by atoms with E-state index in [2.05, 4.69) is 16.0 Å². The predicted octanol–water partition coefficient (Wildman–Crippen LogP) is 2.92. The molecule has 0 bridgehead atoms. The van der Waals surface area contributed by atoms with Crippen LogP contribution < -0.4 is 27.4 Å². The maximum Gasteiger partial charge on any atom is 0.243 e. The summed E-state index contributed by atoms with van der Waals surface area (Å²) in [6.07, 6.45) is 6.55. The molecule has 2 amide bonds. The molecule has 9 nitrogen and oxygen atoms in total. The highest BCUT2D eigenvalue weighted by molar-refractivity contribution is 5.95. The highest BCUT2D eigenvalue weighted by Crippen LogP contribution is 2.29. The summed E-state index contributed by atoms with van der Waals surface area (Å²) in [6, 6.07) is 11.7. The molecule has 2 aromatic carbocycles. The third-order valence-electron chi connectivity index (χ3n) is 8.46. The lowest BCUT2D eigenvalue weighted by molar-refractivity contribution is -0.131. The van der Waals surface area contributed by atoms with Gasteiger partial charge in [-0.2, -0.15) is 0 Å². The summed E-state index contributed by atoms with van der Waals surface area (Å²) < 4.78 is 14.3. The van der Waals surface area contributed by atoms with E-state index < -0.39 is 23.8 Å². The number of carbonyl (C=O) groups excluding carboxylic acids is 2. The molecule has 41 heavy (non-hydrogen) atoms. The smallest absolute Gasteiger partial charge is 0.243 e. The second-order valence-electron chi connectivity index (χ2n) is 11.3. The quantitative estimate of drug-likeness (QED) is 0.164. The molecule has 220 valence electrons. The highest BCUT2D eigenvalue weighted by Gasteiger charge is 2.36. The summed E-state index contributed by atoms with van der Waals surface area (Å²) in [4.78, 5) is 27.8. The van der Waals surface area contributed by atoms with Gasteiger partial charge in [0.15, 0.2) is 0 Å². The lowest BCUT2D eigenvalue weighted by atomic mass is 9.82. The van der Waals surface area contributed by atoms with Crippen molar-refractivity contribution in [2.45, 2.75) is 69.4 Å². The predicted molar refractivity (Wildman–Crippen MR) is 158 cm³/mol. The lowest BCUT2D eigenvalue weighted by Gasteiger charge is -2.35. The normalized spacial score (nSPS) is 18.6.